The van der Waals surface area contributed by atoms with Crippen molar-refractivity contribution < 1.29 is 19.1 Å². The van der Waals surface area contributed by atoms with E-state index in [1.807, 2.05) is 6.92 Å². The van der Waals surface area contributed by atoms with Crippen LogP contribution in [0, 0.1) is 0 Å². The second-order valence-electron chi connectivity index (χ2n) is 4.72. The van der Waals surface area contributed by atoms with Gasteiger partial charge in [0.1, 0.15) is 17.7 Å². The minimum absolute atomic E-state index is 0.0791. The van der Waals surface area contributed by atoms with Gasteiger partial charge in [0.25, 0.3) is 0 Å². The summed E-state index contributed by atoms with van der Waals surface area (Å²) in [6, 6.07) is 0. The van der Waals surface area contributed by atoms with Crippen molar-refractivity contribution in [3.8, 4) is 0 Å². The number of hydrogen-bond acceptors (Lipinski definition) is 4. The lowest BCUT2D eigenvalue weighted by Gasteiger charge is -2.16. The van der Waals surface area contributed by atoms with Crippen LogP contribution in [0.4, 0.5) is 0 Å². The summed E-state index contributed by atoms with van der Waals surface area (Å²) in [6.07, 6.45) is 3.99. The zero-order valence-electron chi connectivity index (χ0n) is 12.4. The van der Waals surface area contributed by atoms with Crippen LogP contribution in [-0.2, 0) is 19.1 Å². The molecule has 0 aromatic rings. The normalized spacial score (nSPS) is 11.9. The number of Topliss-reactive ketones (excluding diaryl/α,β-unsaturated/α-hetero) is 2. The van der Waals surface area contributed by atoms with E-state index in [0.29, 0.717) is 38.5 Å². The van der Waals surface area contributed by atoms with Gasteiger partial charge in [-0.1, -0.05) is 27.2 Å². The predicted octanol–water partition coefficient (Wildman–Crippen LogP) is 3.22. The molecule has 0 heterocycles. The van der Waals surface area contributed by atoms with Gasteiger partial charge in [-0.25, -0.2) is 0 Å². The van der Waals surface area contributed by atoms with E-state index in [1.54, 1.807) is 13.8 Å². The van der Waals surface area contributed by atoms with Crippen LogP contribution >= 0.6 is 0 Å². The van der Waals surface area contributed by atoms with Crippen LogP contribution in [0.5, 0.6) is 0 Å². The third kappa shape index (κ3) is 9.40. The maximum absolute atomic E-state index is 11.6. The molecular weight excluding hydrogens is 244 g/mol. The first-order valence-corrected chi connectivity index (χ1v) is 7.26. The van der Waals surface area contributed by atoms with Crippen molar-refractivity contribution in [1.82, 2.24) is 0 Å². The first kappa shape index (κ1) is 17.8. The smallest absolute Gasteiger partial charge is 0.305 e. The minimum Gasteiger partial charge on any atom is -0.462 e. The van der Waals surface area contributed by atoms with Crippen LogP contribution < -0.4 is 0 Å². The van der Waals surface area contributed by atoms with Gasteiger partial charge < -0.3 is 4.74 Å². The van der Waals surface area contributed by atoms with E-state index >= 15 is 0 Å². The average molecular weight is 270 g/mol. The van der Waals surface area contributed by atoms with E-state index in [9.17, 15) is 14.4 Å². The predicted molar refractivity (Wildman–Crippen MR) is 73.9 cm³/mol. The molecule has 0 saturated carbocycles. The Labute approximate surface area is 115 Å². The van der Waals surface area contributed by atoms with Crippen molar-refractivity contribution in [3.05, 3.63) is 0 Å². The van der Waals surface area contributed by atoms with Gasteiger partial charge in [0, 0.05) is 32.1 Å². The molecule has 0 bridgehead atoms. The van der Waals surface area contributed by atoms with Crippen molar-refractivity contribution in [3.63, 3.8) is 0 Å². The Kier molecular flexibility index (Phi) is 10.0. The van der Waals surface area contributed by atoms with Crippen molar-refractivity contribution in [2.45, 2.75) is 78.2 Å². The van der Waals surface area contributed by atoms with E-state index in [-0.39, 0.29) is 23.6 Å². The second-order valence-corrected chi connectivity index (χ2v) is 4.72. The monoisotopic (exact) mass is 270 g/mol. The van der Waals surface area contributed by atoms with Gasteiger partial charge in [0.05, 0.1) is 0 Å². The molecule has 4 nitrogen and oxygen atoms in total. The molecule has 0 aliphatic heterocycles. The molecule has 0 aromatic heterocycles. The summed E-state index contributed by atoms with van der Waals surface area (Å²) in [7, 11) is 0. The molecule has 1 unspecified atom stereocenters. The van der Waals surface area contributed by atoms with E-state index in [4.69, 9.17) is 4.74 Å². The molecule has 0 rings (SSSR count). The fraction of sp³-hybridized carbons (Fsp3) is 0.800. The number of rotatable bonds is 11. The largest absolute Gasteiger partial charge is 0.462 e. The minimum atomic E-state index is -0.216. The van der Waals surface area contributed by atoms with Crippen molar-refractivity contribution in [1.29, 1.82) is 0 Å². The van der Waals surface area contributed by atoms with Gasteiger partial charge in [-0.05, 0) is 12.8 Å². The molecule has 110 valence electrons. The van der Waals surface area contributed by atoms with Gasteiger partial charge in [-0.3, -0.25) is 14.4 Å². The lowest BCUT2D eigenvalue weighted by Crippen LogP contribution is -2.19. The van der Waals surface area contributed by atoms with E-state index in [0.717, 1.165) is 12.8 Å². The maximum Gasteiger partial charge on any atom is 0.305 e. The number of ether oxygens (including phenoxy) is 1. The van der Waals surface area contributed by atoms with E-state index in [1.165, 1.54) is 0 Å². The molecule has 0 spiro atoms. The van der Waals surface area contributed by atoms with E-state index < -0.39 is 0 Å². The Bertz CT molecular complexity index is 297. The summed E-state index contributed by atoms with van der Waals surface area (Å²) in [6.45, 7) is 5.58. The molecule has 0 saturated heterocycles. The Morgan fingerprint density at radius 3 is 2.00 bits per heavy atom. The van der Waals surface area contributed by atoms with Crippen molar-refractivity contribution >= 4 is 17.5 Å². The first-order valence-electron chi connectivity index (χ1n) is 7.26. The highest BCUT2D eigenvalue weighted by atomic mass is 16.5. The summed E-state index contributed by atoms with van der Waals surface area (Å²) < 4.78 is 5.28. The fourth-order valence-electron chi connectivity index (χ4n) is 1.76. The van der Waals surface area contributed by atoms with Crippen LogP contribution in [0.15, 0.2) is 0 Å². The summed E-state index contributed by atoms with van der Waals surface area (Å²) in [4.78, 5) is 34.0. The number of esters is 1. The molecule has 1 atom stereocenters. The third-order valence-electron chi connectivity index (χ3n) is 3.02. The van der Waals surface area contributed by atoms with Crippen LogP contribution in [0.2, 0.25) is 0 Å². The molecule has 0 aliphatic carbocycles. The fourth-order valence-corrected chi connectivity index (χ4v) is 1.76. The molecule has 0 fully saturated rings. The van der Waals surface area contributed by atoms with Gasteiger partial charge in [-0.15, -0.1) is 0 Å². The standard InChI is InChI=1S/C15H26O4/c1-4-7-14(19-15(18)6-3)11-10-13(17)9-8-12(16)5-2/h14H,4-11H2,1-3H3. The average Bonchev–Trinajstić information content (AvgIpc) is 2.41. The molecule has 19 heavy (non-hydrogen) atoms. The SMILES string of the molecule is CCCC(CCC(=O)CCC(=O)CC)OC(=O)CC. The van der Waals surface area contributed by atoms with Crippen molar-refractivity contribution in [2.24, 2.45) is 0 Å². The highest BCUT2D eigenvalue weighted by molar-refractivity contribution is 5.85. The number of carbonyl (C=O) groups is 3. The van der Waals surface area contributed by atoms with Gasteiger partial charge >= 0.3 is 5.97 Å². The molecular formula is C15H26O4. The third-order valence-corrected chi connectivity index (χ3v) is 3.02. The zero-order valence-corrected chi connectivity index (χ0v) is 12.4. The first-order chi connectivity index (χ1) is 9.03. The number of carbonyl (C=O) groups excluding carboxylic acids is 3. The van der Waals surface area contributed by atoms with Crippen LogP contribution in [-0.4, -0.2) is 23.6 Å². The lowest BCUT2D eigenvalue weighted by atomic mass is 10.0. The number of hydrogen-bond donors (Lipinski definition) is 0. The Hall–Kier alpha value is -1.19. The second kappa shape index (κ2) is 10.7. The highest BCUT2D eigenvalue weighted by Crippen LogP contribution is 2.12. The Balaban J connectivity index is 3.99. The number of ketones is 2. The summed E-state index contributed by atoms with van der Waals surface area (Å²) >= 11 is 0. The molecule has 0 N–H and O–H groups in total. The summed E-state index contributed by atoms with van der Waals surface area (Å²) in [5.74, 6) is -0.0154. The zero-order chi connectivity index (χ0) is 14.7. The lowest BCUT2D eigenvalue weighted by molar-refractivity contribution is -0.149. The van der Waals surface area contributed by atoms with Crippen molar-refractivity contribution in [2.75, 3.05) is 0 Å². The van der Waals surface area contributed by atoms with Crippen LogP contribution in [0.1, 0.15) is 72.1 Å². The van der Waals surface area contributed by atoms with Crippen LogP contribution in [0.3, 0.4) is 0 Å². The molecule has 0 aromatic carbocycles. The van der Waals surface area contributed by atoms with Gasteiger partial charge in [0.15, 0.2) is 0 Å². The maximum atomic E-state index is 11.6. The summed E-state index contributed by atoms with van der Waals surface area (Å²) in [5, 5.41) is 0. The highest BCUT2D eigenvalue weighted by Gasteiger charge is 2.15. The molecule has 0 amide bonds. The van der Waals surface area contributed by atoms with Crippen LogP contribution in [0.25, 0.3) is 0 Å². The van der Waals surface area contributed by atoms with Gasteiger partial charge in [0.2, 0.25) is 0 Å². The quantitative estimate of drug-likeness (QED) is 0.541. The molecule has 4 heteroatoms. The summed E-state index contributed by atoms with van der Waals surface area (Å²) in [5.41, 5.74) is 0. The van der Waals surface area contributed by atoms with E-state index in [2.05, 4.69) is 0 Å². The molecule has 0 radical (unpaired) electrons. The topological polar surface area (TPSA) is 60.4 Å². The Morgan fingerprint density at radius 2 is 1.47 bits per heavy atom. The Morgan fingerprint density at radius 1 is 0.842 bits per heavy atom. The van der Waals surface area contributed by atoms with Gasteiger partial charge in [-0.2, -0.15) is 0 Å². The molecule has 0 aliphatic rings.